The van der Waals surface area contributed by atoms with Gasteiger partial charge in [-0.3, -0.25) is 4.79 Å². The lowest BCUT2D eigenvalue weighted by Crippen LogP contribution is -2.08. The molecule has 0 radical (unpaired) electrons. The van der Waals surface area contributed by atoms with Gasteiger partial charge in [-0.15, -0.1) is 0 Å². The van der Waals surface area contributed by atoms with Crippen LogP contribution in [-0.4, -0.2) is 5.91 Å². The van der Waals surface area contributed by atoms with E-state index in [9.17, 15) is 9.18 Å². The smallest absolute Gasteiger partial charge is 0.248 e. The van der Waals surface area contributed by atoms with Crippen molar-refractivity contribution in [2.24, 2.45) is 0 Å². The maximum Gasteiger partial charge on any atom is 0.248 e. The van der Waals surface area contributed by atoms with E-state index in [0.29, 0.717) is 10.2 Å². The average molecular weight is 320 g/mol. The van der Waals surface area contributed by atoms with Crippen LogP contribution >= 0.6 is 15.9 Å². The van der Waals surface area contributed by atoms with Crippen LogP contribution in [0.2, 0.25) is 0 Å². The van der Waals surface area contributed by atoms with E-state index in [2.05, 4.69) is 21.2 Å². The number of hydrogen-bond acceptors (Lipinski definition) is 1. The number of hydrogen-bond donors (Lipinski definition) is 1. The third-order valence-corrected chi connectivity index (χ3v) is 3.07. The zero-order valence-electron chi connectivity index (χ0n) is 9.94. The first-order valence-corrected chi connectivity index (χ1v) is 6.43. The molecule has 96 valence electrons. The predicted molar refractivity (Wildman–Crippen MR) is 78.2 cm³/mol. The second kappa shape index (κ2) is 6.29. The van der Waals surface area contributed by atoms with Crippen molar-refractivity contribution in [3.63, 3.8) is 0 Å². The van der Waals surface area contributed by atoms with Gasteiger partial charge in [-0.25, -0.2) is 4.39 Å². The maximum absolute atomic E-state index is 12.9. The van der Waals surface area contributed by atoms with E-state index in [0.717, 1.165) is 5.56 Å². The molecule has 2 nitrogen and oxygen atoms in total. The van der Waals surface area contributed by atoms with E-state index in [1.54, 1.807) is 6.08 Å². The highest BCUT2D eigenvalue weighted by Gasteiger charge is 2.03. The lowest BCUT2D eigenvalue weighted by atomic mass is 10.2. The number of carbonyl (C=O) groups excluding carboxylic acids is 1. The molecule has 1 N–H and O–H groups in total. The monoisotopic (exact) mass is 319 g/mol. The summed E-state index contributed by atoms with van der Waals surface area (Å²) >= 11 is 3.19. The van der Waals surface area contributed by atoms with E-state index in [4.69, 9.17) is 0 Å². The standard InChI is InChI=1S/C15H11BrFNO/c16-13-10-12(17)7-8-14(13)18-15(19)9-6-11-4-2-1-3-5-11/h1-10H,(H,18,19). The fourth-order valence-electron chi connectivity index (χ4n) is 1.50. The van der Waals surface area contributed by atoms with Gasteiger partial charge in [-0.1, -0.05) is 30.3 Å². The summed E-state index contributed by atoms with van der Waals surface area (Å²) in [6.45, 7) is 0. The van der Waals surface area contributed by atoms with E-state index in [1.807, 2.05) is 30.3 Å². The van der Waals surface area contributed by atoms with Crippen molar-refractivity contribution in [3.8, 4) is 0 Å². The van der Waals surface area contributed by atoms with Crippen molar-refractivity contribution in [2.45, 2.75) is 0 Å². The molecule has 0 bridgehead atoms. The molecular formula is C15H11BrFNO. The summed E-state index contributed by atoms with van der Waals surface area (Å²) in [6.07, 6.45) is 3.15. The summed E-state index contributed by atoms with van der Waals surface area (Å²) in [4.78, 5) is 11.7. The van der Waals surface area contributed by atoms with Crippen molar-refractivity contribution < 1.29 is 9.18 Å². The molecular weight excluding hydrogens is 309 g/mol. The number of amides is 1. The summed E-state index contributed by atoms with van der Waals surface area (Å²) in [7, 11) is 0. The molecule has 2 aromatic carbocycles. The summed E-state index contributed by atoms with van der Waals surface area (Å²) in [5.41, 5.74) is 1.47. The van der Waals surface area contributed by atoms with Gasteiger partial charge in [0.2, 0.25) is 5.91 Å². The van der Waals surface area contributed by atoms with Crippen molar-refractivity contribution in [3.05, 3.63) is 70.5 Å². The first-order chi connectivity index (χ1) is 9.15. The summed E-state index contributed by atoms with van der Waals surface area (Å²) in [5, 5.41) is 2.67. The molecule has 0 heterocycles. The minimum atomic E-state index is -0.357. The third kappa shape index (κ3) is 4.03. The van der Waals surface area contributed by atoms with Crippen molar-refractivity contribution in [2.75, 3.05) is 5.32 Å². The number of benzene rings is 2. The third-order valence-electron chi connectivity index (χ3n) is 2.42. The molecule has 0 aliphatic heterocycles. The highest BCUT2D eigenvalue weighted by Crippen LogP contribution is 2.22. The topological polar surface area (TPSA) is 29.1 Å². The molecule has 1 amide bonds. The molecule has 0 spiro atoms. The molecule has 2 aromatic rings. The predicted octanol–water partition coefficient (Wildman–Crippen LogP) is 4.24. The first-order valence-electron chi connectivity index (χ1n) is 5.64. The van der Waals surface area contributed by atoms with Crippen LogP contribution in [0.15, 0.2) is 59.1 Å². The maximum atomic E-state index is 12.9. The summed E-state index contributed by atoms with van der Waals surface area (Å²) in [5.74, 6) is -0.624. The van der Waals surface area contributed by atoms with Crippen LogP contribution < -0.4 is 5.32 Å². The van der Waals surface area contributed by atoms with Crippen LogP contribution in [0, 0.1) is 5.82 Å². The van der Waals surface area contributed by atoms with Crippen molar-refractivity contribution in [1.29, 1.82) is 0 Å². The van der Waals surface area contributed by atoms with E-state index in [1.165, 1.54) is 24.3 Å². The Bertz CT molecular complexity index is 611. The lowest BCUT2D eigenvalue weighted by Gasteiger charge is -2.04. The summed E-state index contributed by atoms with van der Waals surface area (Å²) in [6, 6.07) is 13.6. The number of carbonyl (C=O) groups is 1. The van der Waals surface area contributed by atoms with Gasteiger partial charge in [-0.05, 0) is 45.8 Å². The van der Waals surface area contributed by atoms with E-state index >= 15 is 0 Å². The molecule has 0 aliphatic carbocycles. The zero-order valence-corrected chi connectivity index (χ0v) is 11.5. The molecule has 0 saturated heterocycles. The van der Waals surface area contributed by atoms with Gasteiger partial charge in [0.1, 0.15) is 5.82 Å². The van der Waals surface area contributed by atoms with Gasteiger partial charge in [0.15, 0.2) is 0 Å². The van der Waals surface area contributed by atoms with Crippen LogP contribution in [0.1, 0.15) is 5.56 Å². The zero-order chi connectivity index (χ0) is 13.7. The normalized spacial score (nSPS) is 10.6. The van der Waals surface area contributed by atoms with Crippen LogP contribution in [0.5, 0.6) is 0 Å². The van der Waals surface area contributed by atoms with Gasteiger partial charge in [-0.2, -0.15) is 0 Å². The van der Waals surface area contributed by atoms with Crippen molar-refractivity contribution >= 4 is 33.6 Å². The highest BCUT2D eigenvalue weighted by molar-refractivity contribution is 9.10. The van der Waals surface area contributed by atoms with Crippen LogP contribution in [0.4, 0.5) is 10.1 Å². The van der Waals surface area contributed by atoms with Gasteiger partial charge in [0.05, 0.1) is 5.69 Å². The Labute approximate surface area is 119 Å². The van der Waals surface area contributed by atoms with Gasteiger partial charge >= 0.3 is 0 Å². The molecule has 0 atom stereocenters. The number of halogens is 2. The molecule has 0 aliphatic rings. The lowest BCUT2D eigenvalue weighted by molar-refractivity contribution is -0.111. The van der Waals surface area contributed by atoms with Gasteiger partial charge in [0.25, 0.3) is 0 Å². The Hall–Kier alpha value is -1.94. The molecule has 2 rings (SSSR count). The summed E-state index contributed by atoms with van der Waals surface area (Å²) < 4.78 is 13.4. The van der Waals surface area contributed by atoms with E-state index in [-0.39, 0.29) is 11.7 Å². The fraction of sp³-hybridized carbons (Fsp3) is 0. The molecule has 0 aromatic heterocycles. The van der Waals surface area contributed by atoms with Crippen LogP contribution in [-0.2, 0) is 4.79 Å². The van der Waals surface area contributed by atoms with Gasteiger partial charge < -0.3 is 5.32 Å². The minimum absolute atomic E-state index is 0.267. The average Bonchev–Trinajstić information content (AvgIpc) is 2.41. The second-order valence-corrected chi connectivity index (χ2v) is 4.71. The largest absolute Gasteiger partial charge is 0.321 e. The molecule has 0 unspecified atom stereocenters. The Morgan fingerprint density at radius 3 is 2.58 bits per heavy atom. The van der Waals surface area contributed by atoms with Gasteiger partial charge in [0, 0.05) is 10.5 Å². The second-order valence-electron chi connectivity index (χ2n) is 3.86. The van der Waals surface area contributed by atoms with Crippen LogP contribution in [0.25, 0.3) is 6.08 Å². The molecule has 19 heavy (non-hydrogen) atoms. The molecule has 4 heteroatoms. The molecule has 0 fully saturated rings. The van der Waals surface area contributed by atoms with Crippen LogP contribution in [0.3, 0.4) is 0 Å². The van der Waals surface area contributed by atoms with E-state index < -0.39 is 0 Å². The minimum Gasteiger partial charge on any atom is -0.321 e. The Morgan fingerprint density at radius 2 is 1.89 bits per heavy atom. The Balaban J connectivity index is 2.04. The fourth-order valence-corrected chi connectivity index (χ4v) is 1.95. The molecule has 0 saturated carbocycles. The number of anilines is 1. The first kappa shape index (κ1) is 13.5. The van der Waals surface area contributed by atoms with Crippen molar-refractivity contribution in [1.82, 2.24) is 0 Å². The number of rotatable bonds is 3. The Morgan fingerprint density at radius 1 is 1.16 bits per heavy atom. The highest BCUT2D eigenvalue weighted by atomic mass is 79.9. The SMILES string of the molecule is O=C(C=Cc1ccccc1)Nc1ccc(F)cc1Br. The Kier molecular flexibility index (Phi) is 4.47. The number of nitrogens with one attached hydrogen (secondary N) is 1. The quantitative estimate of drug-likeness (QED) is 0.842.